The number of thioether (sulfide) groups is 1. The largest absolute Gasteiger partial charge is 0.493 e. The number of amides is 1. The van der Waals surface area contributed by atoms with Crippen LogP contribution in [0.5, 0.6) is 11.5 Å². The molecule has 0 bridgehead atoms. The Kier molecular flexibility index (Phi) is 7.44. The van der Waals surface area contributed by atoms with Gasteiger partial charge in [0, 0.05) is 29.8 Å². The second-order valence-electron chi connectivity index (χ2n) is 5.30. The highest BCUT2D eigenvalue weighted by atomic mass is 32.2. The van der Waals surface area contributed by atoms with Crippen LogP contribution in [0.3, 0.4) is 0 Å². The van der Waals surface area contributed by atoms with Crippen LogP contribution in [-0.2, 0) is 4.74 Å². The molecule has 9 heteroatoms. The Morgan fingerprint density at radius 3 is 2.56 bits per heavy atom. The number of nitrogens with zero attached hydrogens (tertiary/aromatic N) is 1. The van der Waals surface area contributed by atoms with Gasteiger partial charge in [-0.2, -0.15) is 0 Å². The van der Waals surface area contributed by atoms with Crippen LogP contribution in [-0.4, -0.2) is 44.5 Å². The first-order valence-corrected chi connectivity index (χ1v) is 9.16. The zero-order chi connectivity index (χ0) is 19.8. The maximum Gasteiger partial charge on any atom is 0.282 e. The van der Waals surface area contributed by atoms with Crippen LogP contribution in [0.2, 0.25) is 0 Å². The number of nitro benzene ring substituents is 1. The molecule has 0 spiro atoms. The van der Waals surface area contributed by atoms with Crippen LogP contribution in [0.25, 0.3) is 0 Å². The summed E-state index contributed by atoms with van der Waals surface area (Å²) in [6, 6.07) is 9.30. The van der Waals surface area contributed by atoms with Crippen molar-refractivity contribution < 1.29 is 23.9 Å². The van der Waals surface area contributed by atoms with E-state index in [1.54, 1.807) is 31.4 Å². The third kappa shape index (κ3) is 5.35. The molecule has 0 radical (unpaired) electrons. The summed E-state index contributed by atoms with van der Waals surface area (Å²) in [5, 5.41) is 13.9. The highest BCUT2D eigenvalue weighted by Gasteiger charge is 2.21. The summed E-state index contributed by atoms with van der Waals surface area (Å²) < 4.78 is 15.8. The fraction of sp³-hybridized carbons (Fsp3) is 0.278. The number of nitrogens with one attached hydrogen (secondary N) is 1. The molecule has 0 fully saturated rings. The predicted octanol–water partition coefficient (Wildman–Crippen LogP) is 3.60. The summed E-state index contributed by atoms with van der Waals surface area (Å²) in [5.74, 6) is 0.352. The van der Waals surface area contributed by atoms with E-state index in [4.69, 9.17) is 14.2 Å². The summed E-state index contributed by atoms with van der Waals surface area (Å²) in [5.41, 5.74) is 0.164. The van der Waals surface area contributed by atoms with Crippen LogP contribution < -0.4 is 14.8 Å². The van der Waals surface area contributed by atoms with E-state index in [0.717, 1.165) is 4.90 Å². The Balaban J connectivity index is 2.27. The highest BCUT2D eigenvalue weighted by molar-refractivity contribution is 7.98. The monoisotopic (exact) mass is 392 g/mol. The molecular weight excluding hydrogens is 372 g/mol. The number of rotatable bonds is 9. The second-order valence-corrected chi connectivity index (χ2v) is 6.18. The van der Waals surface area contributed by atoms with Crippen molar-refractivity contribution in [3.8, 4) is 11.5 Å². The Hall–Kier alpha value is -2.78. The quantitative estimate of drug-likeness (QED) is 0.301. The fourth-order valence-corrected chi connectivity index (χ4v) is 2.72. The summed E-state index contributed by atoms with van der Waals surface area (Å²) in [6.07, 6.45) is 1.83. The van der Waals surface area contributed by atoms with Gasteiger partial charge in [0.25, 0.3) is 11.6 Å². The van der Waals surface area contributed by atoms with E-state index in [2.05, 4.69) is 5.32 Å². The van der Waals surface area contributed by atoms with Gasteiger partial charge in [-0.05, 0) is 30.5 Å². The van der Waals surface area contributed by atoms with Crippen molar-refractivity contribution in [2.75, 3.05) is 39.0 Å². The lowest BCUT2D eigenvalue weighted by molar-refractivity contribution is -0.385. The lowest BCUT2D eigenvalue weighted by atomic mass is 10.1. The predicted molar refractivity (Wildman–Crippen MR) is 103 cm³/mol. The summed E-state index contributed by atoms with van der Waals surface area (Å²) in [6.45, 7) is 0.707. The molecule has 144 valence electrons. The molecule has 2 rings (SSSR count). The smallest absolute Gasteiger partial charge is 0.282 e. The number of hydrogen-bond donors (Lipinski definition) is 1. The maximum atomic E-state index is 12.6. The van der Waals surface area contributed by atoms with E-state index in [0.29, 0.717) is 30.4 Å². The second kappa shape index (κ2) is 9.79. The molecule has 0 unspecified atom stereocenters. The van der Waals surface area contributed by atoms with E-state index >= 15 is 0 Å². The zero-order valence-electron chi connectivity index (χ0n) is 15.2. The third-order valence-corrected chi connectivity index (χ3v) is 4.34. The van der Waals surface area contributed by atoms with Crippen molar-refractivity contribution in [2.24, 2.45) is 0 Å². The van der Waals surface area contributed by atoms with Gasteiger partial charge < -0.3 is 19.5 Å². The van der Waals surface area contributed by atoms with Gasteiger partial charge in [0.1, 0.15) is 12.2 Å². The summed E-state index contributed by atoms with van der Waals surface area (Å²) in [7, 11) is 3.07. The van der Waals surface area contributed by atoms with Crippen LogP contribution in [0.4, 0.5) is 11.4 Å². The van der Waals surface area contributed by atoms with Crippen LogP contribution in [0, 0.1) is 10.1 Å². The number of hydrogen-bond acceptors (Lipinski definition) is 7. The molecule has 0 saturated carbocycles. The van der Waals surface area contributed by atoms with E-state index < -0.39 is 10.8 Å². The number of carbonyl (C=O) groups excluding carboxylic acids is 1. The minimum atomic E-state index is -0.578. The van der Waals surface area contributed by atoms with Crippen molar-refractivity contribution in [2.45, 2.75) is 4.90 Å². The standard InChI is InChI=1S/C18H20N2O6S/c1-24-8-9-26-17-10-12(4-7-16(17)25-2)19-18(21)14-11-13(27-3)5-6-15(14)20(22)23/h4-7,10-11H,8-9H2,1-3H3,(H,19,21). The number of nitro groups is 1. The van der Waals surface area contributed by atoms with Gasteiger partial charge in [-0.25, -0.2) is 0 Å². The Labute approximate surface area is 161 Å². The molecule has 2 aromatic carbocycles. The Bertz CT molecular complexity index is 827. The number of anilines is 1. The molecule has 1 amide bonds. The van der Waals surface area contributed by atoms with E-state index in [-0.39, 0.29) is 11.3 Å². The van der Waals surface area contributed by atoms with Crippen LogP contribution >= 0.6 is 11.8 Å². The lowest BCUT2D eigenvalue weighted by Crippen LogP contribution is -2.14. The average molecular weight is 392 g/mol. The molecule has 0 aliphatic heterocycles. The van der Waals surface area contributed by atoms with Gasteiger partial charge in [0.15, 0.2) is 11.5 Å². The summed E-state index contributed by atoms with van der Waals surface area (Å²) in [4.78, 5) is 24.0. The Morgan fingerprint density at radius 2 is 1.93 bits per heavy atom. The molecule has 0 saturated heterocycles. The van der Waals surface area contributed by atoms with Gasteiger partial charge in [-0.3, -0.25) is 14.9 Å². The van der Waals surface area contributed by atoms with E-state index in [1.807, 2.05) is 6.26 Å². The first-order chi connectivity index (χ1) is 13.0. The van der Waals surface area contributed by atoms with Crippen molar-refractivity contribution >= 4 is 29.0 Å². The number of methoxy groups -OCH3 is 2. The van der Waals surface area contributed by atoms with Crippen molar-refractivity contribution in [3.05, 3.63) is 52.1 Å². The number of carbonyl (C=O) groups is 1. The van der Waals surface area contributed by atoms with E-state index in [1.165, 1.54) is 31.0 Å². The minimum Gasteiger partial charge on any atom is -0.493 e. The first kappa shape index (κ1) is 20.5. The van der Waals surface area contributed by atoms with Crippen LogP contribution in [0.15, 0.2) is 41.3 Å². The molecular formula is C18H20N2O6S. The SMILES string of the molecule is COCCOc1cc(NC(=O)c2cc(SC)ccc2[N+](=O)[O-])ccc1OC. The van der Waals surface area contributed by atoms with Crippen LogP contribution in [0.1, 0.15) is 10.4 Å². The number of ether oxygens (including phenoxy) is 3. The minimum absolute atomic E-state index is 0.00970. The van der Waals surface area contributed by atoms with Crippen molar-refractivity contribution in [1.29, 1.82) is 0 Å². The molecule has 0 atom stereocenters. The third-order valence-electron chi connectivity index (χ3n) is 3.61. The van der Waals surface area contributed by atoms with Gasteiger partial charge >= 0.3 is 0 Å². The van der Waals surface area contributed by atoms with Gasteiger partial charge in [-0.15, -0.1) is 11.8 Å². The average Bonchev–Trinajstić information content (AvgIpc) is 2.67. The summed E-state index contributed by atoms with van der Waals surface area (Å²) >= 11 is 1.39. The maximum absolute atomic E-state index is 12.6. The molecule has 0 aliphatic carbocycles. The van der Waals surface area contributed by atoms with Gasteiger partial charge in [-0.1, -0.05) is 0 Å². The number of benzene rings is 2. The highest BCUT2D eigenvalue weighted by Crippen LogP contribution is 2.31. The first-order valence-electron chi connectivity index (χ1n) is 7.93. The zero-order valence-corrected chi connectivity index (χ0v) is 16.0. The van der Waals surface area contributed by atoms with Gasteiger partial charge in [0.2, 0.25) is 0 Å². The fourth-order valence-electron chi connectivity index (χ4n) is 2.28. The molecule has 0 heterocycles. The van der Waals surface area contributed by atoms with Crippen molar-refractivity contribution in [1.82, 2.24) is 0 Å². The molecule has 1 N–H and O–H groups in total. The molecule has 2 aromatic rings. The molecule has 8 nitrogen and oxygen atoms in total. The molecule has 27 heavy (non-hydrogen) atoms. The normalized spacial score (nSPS) is 10.3. The van der Waals surface area contributed by atoms with Crippen molar-refractivity contribution in [3.63, 3.8) is 0 Å². The van der Waals surface area contributed by atoms with E-state index in [9.17, 15) is 14.9 Å². The molecule has 0 aromatic heterocycles. The molecule has 0 aliphatic rings. The topological polar surface area (TPSA) is 99.9 Å². The lowest BCUT2D eigenvalue weighted by Gasteiger charge is -2.13. The van der Waals surface area contributed by atoms with Gasteiger partial charge in [0.05, 0.1) is 18.6 Å². The Morgan fingerprint density at radius 1 is 1.15 bits per heavy atom.